The molecule has 1 saturated heterocycles. The molecule has 7 nitrogen and oxygen atoms in total. The number of benzene rings is 1. The molecule has 2 amide bonds. The van der Waals surface area contributed by atoms with Crippen molar-refractivity contribution in [2.45, 2.75) is 19.8 Å². The molecule has 0 atom stereocenters. The third-order valence-electron chi connectivity index (χ3n) is 5.47. The Morgan fingerprint density at radius 2 is 1.81 bits per heavy atom. The summed E-state index contributed by atoms with van der Waals surface area (Å²) in [4.78, 5) is 33.6. The molecule has 4 rings (SSSR count). The van der Waals surface area contributed by atoms with Crippen LogP contribution in [0.25, 0.3) is 5.69 Å². The van der Waals surface area contributed by atoms with Gasteiger partial charge >= 0.3 is 0 Å². The number of hydrogen-bond donors (Lipinski definition) is 0. The molecule has 3 heterocycles. The number of carbonyl (C=O) groups is 2. The van der Waals surface area contributed by atoms with Crippen molar-refractivity contribution in [2.24, 2.45) is 0 Å². The molecule has 0 saturated carbocycles. The lowest BCUT2D eigenvalue weighted by Gasteiger charge is -2.34. The topological polar surface area (TPSA) is 71.3 Å². The second-order valence-corrected chi connectivity index (χ2v) is 7.86. The molecule has 0 radical (unpaired) electrons. The van der Waals surface area contributed by atoms with Crippen LogP contribution in [0.15, 0.2) is 54.9 Å². The smallest absolute Gasteiger partial charge is 0.257 e. The summed E-state index contributed by atoms with van der Waals surface area (Å²) in [6, 6.07) is 13.0. The average Bonchev–Trinajstić information content (AvgIpc) is 3.23. The number of aromatic nitrogens is 3. The van der Waals surface area contributed by atoms with Crippen molar-refractivity contribution in [2.75, 3.05) is 26.2 Å². The minimum Gasteiger partial charge on any atom is -0.339 e. The largest absolute Gasteiger partial charge is 0.339 e. The van der Waals surface area contributed by atoms with Crippen LogP contribution >= 0.6 is 11.6 Å². The Labute approximate surface area is 186 Å². The van der Waals surface area contributed by atoms with Crippen LogP contribution in [0.4, 0.5) is 0 Å². The van der Waals surface area contributed by atoms with Crippen LogP contribution in [0.2, 0.25) is 5.02 Å². The quantitative estimate of drug-likeness (QED) is 0.615. The molecular formula is C23H24ClN5O2. The van der Waals surface area contributed by atoms with E-state index in [0.717, 1.165) is 17.1 Å². The summed E-state index contributed by atoms with van der Waals surface area (Å²) in [7, 11) is 0. The van der Waals surface area contributed by atoms with Crippen LogP contribution in [0.1, 0.15) is 28.7 Å². The van der Waals surface area contributed by atoms with Gasteiger partial charge in [0.25, 0.3) is 5.91 Å². The number of halogens is 1. The molecule has 1 aromatic carbocycles. The van der Waals surface area contributed by atoms with E-state index >= 15 is 0 Å². The Bertz CT molecular complexity index is 1070. The summed E-state index contributed by atoms with van der Waals surface area (Å²) in [5, 5.41) is 5.06. The van der Waals surface area contributed by atoms with Gasteiger partial charge in [-0.3, -0.25) is 14.6 Å². The lowest BCUT2D eigenvalue weighted by Crippen LogP contribution is -2.51. The minimum absolute atomic E-state index is 0.0359. The molecule has 1 aliphatic rings. The van der Waals surface area contributed by atoms with E-state index in [0.29, 0.717) is 43.2 Å². The molecule has 0 unspecified atom stereocenters. The predicted octanol–water partition coefficient (Wildman–Crippen LogP) is 3.01. The zero-order valence-corrected chi connectivity index (χ0v) is 18.1. The normalized spacial score (nSPS) is 14.0. The fourth-order valence-electron chi connectivity index (χ4n) is 3.82. The van der Waals surface area contributed by atoms with Gasteiger partial charge in [0.15, 0.2) is 0 Å². The van der Waals surface area contributed by atoms with Gasteiger partial charge in [-0.15, -0.1) is 0 Å². The van der Waals surface area contributed by atoms with Gasteiger partial charge in [-0.1, -0.05) is 30.7 Å². The van der Waals surface area contributed by atoms with E-state index in [4.69, 9.17) is 11.6 Å². The maximum absolute atomic E-state index is 13.2. The number of piperazine rings is 1. The van der Waals surface area contributed by atoms with Gasteiger partial charge in [-0.25, -0.2) is 4.68 Å². The monoisotopic (exact) mass is 437 g/mol. The highest BCUT2D eigenvalue weighted by Gasteiger charge is 2.27. The molecule has 1 aliphatic heterocycles. The van der Waals surface area contributed by atoms with Gasteiger partial charge in [-0.2, -0.15) is 5.10 Å². The lowest BCUT2D eigenvalue weighted by atomic mass is 10.1. The highest BCUT2D eigenvalue weighted by Crippen LogP contribution is 2.21. The fourth-order valence-corrected chi connectivity index (χ4v) is 4.01. The summed E-state index contributed by atoms with van der Waals surface area (Å²) < 4.78 is 1.77. The number of pyridine rings is 1. The predicted molar refractivity (Wildman–Crippen MR) is 118 cm³/mol. The van der Waals surface area contributed by atoms with E-state index in [1.165, 1.54) is 0 Å². The number of hydrogen-bond acceptors (Lipinski definition) is 4. The first-order chi connectivity index (χ1) is 15.1. The molecule has 3 aromatic rings. The summed E-state index contributed by atoms with van der Waals surface area (Å²) in [5.74, 6) is -0.0178. The van der Waals surface area contributed by atoms with Gasteiger partial charge in [0.05, 0.1) is 29.6 Å². The van der Waals surface area contributed by atoms with Crippen molar-refractivity contribution in [3.63, 3.8) is 0 Å². The molecule has 0 aliphatic carbocycles. The fraction of sp³-hybridized carbons (Fsp3) is 0.304. The van der Waals surface area contributed by atoms with Crippen LogP contribution in [-0.4, -0.2) is 62.6 Å². The van der Waals surface area contributed by atoms with E-state index in [1.54, 1.807) is 32.9 Å². The molecule has 1 fully saturated rings. The highest BCUT2D eigenvalue weighted by molar-refractivity contribution is 6.30. The zero-order chi connectivity index (χ0) is 21.8. The van der Waals surface area contributed by atoms with E-state index in [-0.39, 0.29) is 18.2 Å². The van der Waals surface area contributed by atoms with Crippen molar-refractivity contribution in [1.29, 1.82) is 0 Å². The molecule has 2 aromatic heterocycles. The summed E-state index contributed by atoms with van der Waals surface area (Å²) in [6.07, 6.45) is 4.26. The van der Waals surface area contributed by atoms with E-state index in [1.807, 2.05) is 43.3 Å². The van der Waals surface area contributed by atoms with E-state index in [2.05, 4.69) is 10.1 Å². The van der Waals surface area contributed by atoms with Crippen LogP contribution in [0.5, 0.6) is 0 Å². The number of amides is 2. The zero-order valence-electron chi connectivity index (χ0n) is 17.4. The second kappa shape index (κ2) is 9.31. The Morgan fingerprint density at radius 3 is 2.48 bits per heavy atom. The summed E-state index contributed by atoms with van der Waals surface area (Å²) in [5.41, 5.74) is 3.03. The lowest BCUT2D eigenvalue weighted by molar-refractivity contribution is -0.132. The maximum atomic E-state index is 13.2. The van der Waals surface area contributed by atoms with Gasteiger partial charge in [-0.05, 0) is 36.8 Å². The molecule has 8 heteroatoms. The molecule has 160 valence electrons. The summed E-state index contributed by atoms with van der Waals surface area (Å²) >= 11 is 6.12. The van der Waals surface area contributed by atoms with Crippen molar-refractivity contribution < 1.29 is 9.59 Å². The third kappa shape index (κ3) is 4.61. The molecule has 0 N–H and O–H groups in total. The first-order valence-corrected chi connectivity index (χ1v) is 10.7. The number of carbonyl (C=O) groups excluding carboxylic acids is 2. The van der Waals surface area contributed by atoms with E-state index in [9.17, 15) is 9.59 Å². The number of rotatable bonds is 5. The SMILES string of the molecule is CCc1c(C(=O)N2CCN(C(=O)Cc3ccccn3)CC2)cnn1-c1cccc(Cl)c1. The van der Waals surface area contributed by atoms with Crippen LogP contribution < -0.4 is 0 Å². The molecule has 31 heavy (non-hydrogen) atoms. The Kier molecular flexibility index (Phi) is 6.32. The van der Waals surface area contributed by atoms with Crippen LogP contribution in [-0.2, 0) is 17.6 Å². The highest BCUT2D eigenvalue weighted by atomic mass is 35.5. The van der Waals surface area contributed by atoms with Crippen LogP contribution in [0, 0.1) is 0 Å². The Morgan fingerprint density at radius 1 is 1.03 bits per heavy atom. The van der Waals surface area contributed by atoms with Crippen molar-refractivity contribution in [3.8, 4) is 5.69 Å². The van der Waals surface area contributed by atoms with E-state index < -0.39 is 0 Å². The standard InChI is InChI=1S/C23H24ClN5O2/c1-2-21-20(16-26-29(21)19-8-5-6-17(24)14-19)23(31)28-12-10-27(11-13-28)22(30)15-18-7-3-4-9-25-18/h3-9,14,16H,2,10-13,15H2,1H3. The van der Waals surface area contributed by atoms with Crippen molar-refractivity contribution >= 4 is 23.4 Å². The van der Waals surface area contributed by atoms with Crippen LogP contribution in [0.3, 0.4) is 0 Å². The van der Waals surface area contributed by atoms with Gasteiger partial charge in [0, 0.05) is 43.1 Å². The first-order valence-electron chi connectivity index (χ1n) is 10.4. The molecular weight excluding hydrogens is 414 g/mol. The van der Waals surface area contributed by atoms with Gasteiger partial charge in [0.2, 0.25) is 5.91 Å². The minimum atomic E-state index is -0.0537. The average molecular weight is 438 g/mol. The third-order valence-corrected chi connectivity index (χ3v) is 5.70. The second-order valence-electron chi connectivity index (χ2n) is 7.42. The van der Waals surface area contributed by atoms with Crippen molar-refractivity contribution in [3.05, 3.63) is 76.8 Å². The van der Waals surface area contributed by atoms with Gasteiger partial charge < -0.3 is 9.80 Å². The molecule has 0 bridgehead atoms. The first kappa shape index (κ1) is 21.1. The Balaban J connectivity index is 1.42. The Hall–Kier alpha value is -3.19. The summed E-state index contributed by atoms with van der Waals surface area (Å²) in [6.45, 7) is 4.03. The number of nitrogens with zero attached hydrogens (tertiary/aromatic N) is 5. The molecule has 0 spiro atoms. The van der Waals surface area contributed by atoms with Crippen molar-refractivity contribution in [1.82, 2.24) is 24.6 Å². The maximum Gasteiger partial charge on any atom is 0.257 e. The van der Waals surface area contributed by atoms with Gasteiger partial charge in [0.1, 0.15) is 0 Å².